The molecule has 0 atom stereocenters. The Labute approximate surface area is 126 Å². The fourth-order valence-electron chi connectivity index (χ4n) is 1.53. The zero-order chi connectivity index (χ0) is 14.8. The molecule has 0 aliphatic rings. The summed E-state index contributed by atoms with van der Waals surface area (Å²) in [5.41, 5.74) is 1.30. The Morgan fingerprint density at radius 1 is 1.15 bits per heavy atom. The van der Waals surface area contributed by atoms with Crippen LogP contribution in [0.2, 0.25) is 0 Å². The average molecular weight is 354 g/mol. The summed E-state index contributed by atoms with van der Waals surface area (Å²) in [7, 11) is -3.76. The summed E-state index contributed by atoms with van der Waals surface area (Å²) in [5.74, 6) is -0.0460. The molecule has 4 nitrogen and oxygen atoms in total. The van der Waals surface area contributed by atoms with E-state index in [0.29, 0.717) is 10.0 Å². The maximum atomic E-state index is 12.0. The summed E-state index contributed by atoms with van der Waals surface area (Å²) in [6.45, 7) is 1.87. The van der Waals surface area contributed by atoms with Crippen molar-refractivity contribution in [3.63, 3.8) is 0 Å². The molecule has 0 aliphatic heterocycles. The first-order valence-electron chi connectivity index (χ1n) is 5.74. The number of hydrogen-bond donors (Lipinski definition) is 1. The van der Waals surface area contributed by atoms with Crippen molar-refractivity contribution in [2.24, 2.45) is 4.40 Å². The van der Waals surface area contributed by atoms with Gasteiger partial charge in [0.1, 0.15) is 5.75 Å². The van der Waals surface area contributed by atoms with Crippen molar-refractivity contribution < 1.29 is 13.5 Å². The fourth-order valence-corrected chi connectivity index (χ4v) is 2.77. The molecule has 0 aliphatic carbocycles. The number of halogens is 1. The highest BCUT2D eigenvalue weighted by Crippen LogP contribution is 2.26. The predicted molar refractivity (Wildman–Crippen MR) is 81.8 cm³/mol. The number of hydrogen-bond acceptors (Lipinski definition) is 3. The minimum absolute atomic E-state index is 0.0460. The lowest BCUT2D eigenvalue weighted by Crippen LogP contribution is -1.98. The van der Waals surface area contributed by atoms with Crippen molar-refractivity contribution in [1.29, 1.82) is 0 Å². The lowest BCUT2D eigenvalue weighted by molar-refractivity contribution is 0.471. The summed E-state index contributed by atoms with van der Waals surface area (Å²) in [6, 6.07) is 11.3. The molecule has 0 amide bonds. The largest absolute Gasteiger partial charge is 0.506 e. The van der Waals surface area contributed by atoms with E-state index >= 15 is 0 Å². The van der Waals surface area contributed by atoms with E-state index in [1.807, 2.05) is 6.92 Å². The van der Waals surface area contributed by atoms with Crippen LogP contribution in [0.5, 0.6) is 5.75 Å². The topological polar surface area (TPSA) is 66.7 Å². The summed E-state index contributed by atoms with van der Waals surface area (Å²) >= 11 is 3.16. The Hall–Kier alpha value is -1.66. The van der Waals surface area contributed by atoms with Gasteiger partial charge in [-0.2, -0.15) is 12.8 Å². The van der Waals surface area contributed by atoms with Crippen LogP contribution in [0.4, 0.5) is 0 Å². The van der Waals surface area contributed by atoms with Crippen LogP contribution in [0.15, 0.2) is 56.2 Å². The van der Waals surface area contributed by atoms with Crippen molar-refractivity contribution in [1.82, 2.24) is 0 Å². The van der Waals surface area contributed by atoms with Crippen LogP contribution in [-0.4, -0.2) is 19.7 Å². The Kier molecular flexibility index (Phi) is 4.25. The van der Waals surface area contributed by atoms with Gasteiger partial charge in [-0.15, -0.1) is 0 Å². The van der Waals surface area contributed by atoms with E-state index in [9.17, 15) is 13.5 Å². The van der Waals surface area contributed by atoms with Gasteiger partial charge in [0, 0.05) is 5.56 Å². The molecule has 0 saturated heterocycles. The van der Waals surface area contributed by atoms with Gasteiger partial charge in [-0.05, 0) is 47.1 Å². The fraction of sp³-hybridized carbons (Fsp3) is 0.0714. The van der Waals surface area contributed by atoms with Gasteiger partial charge in [-0.25, -0.2) is 0 Å². The summed E-state index contributed by atoms with van der Waals surface area (Å²) in [5, 5.41) is 9.77. The molecule has 2 aromatic rings. The second kappa shape index (κ2) is 5.76. The van der Waals surface area contributed by atoms with E-state index in [4.69, 9.17) is 0 Å². The normalized spacial score (nSPS) is 11.9. The highest BCUT2D eigenvalue weighted by Gasteiger charge is 2.11. The number of aryl methyl sites for hydroxylation is 1. The number of sulfonamides is 1. The van der Waals surface area contributed by atoms with Crippen LogP contribution < -0.4 is 0 Å². The molecule has 104 valence electrons. The number of nitrogens with zero attached hydrogens (tertiary/aromatic N) is 1. The van der Waals surface area contributed by atoms with Gasteiger partial charge >= 0.3 is 0 Å². The minimum Gasteiger partial charge on any atom is -0.506 e. The Morgan fingerprint density at radius 2 is 1.80 bits per heavy atom. The van der Waals surface area contributed by atoms with E-state index in [-0.39, 0.29) is 10.6 Å². The van der Waals surface area contributed by atoms with Gasteiger partial charge in [-0.3, -0.25) is 0 Å². The first-order chi connectivity index (χ1) is 9.40. The van der Waals surface area contributed by atoms with Gasteiger partial charge < -0.3 is 5.11 Å². The minimum atomic E-state index is -3.76. The first kappa shape index (κ1) is 14.7. The highest BCUT2D eigenvalue weighted by atomic mass is 79.9. The highest BCUT2D eigenvalue weighted by molar-refractivity contribution is 9.10. The monoisotopic (exact) mass is 353 g/mol. The van der Waals surface area contributed by atoms with Crippen LogP contribution in [0, 0.1) is 6.92 Å². The van der Waals surface area contributed by atoms with Crippen LogP contribution in [0.3, 0.4) is 0 Å². The molecule has 0 saturated carbocycles. The summed E-state index contributed by atoms with van der Waals surface area (Å²) in [6.07, 6.45) is 1.13. The summed E-state index contributed by atoms with van der Waals surface area (Å²) in [4.78, 5) is 0.119. The Balaban J connectivity index is 2.35. The third-order valence-corrected chi connectivity index (χ3v) is 4.56. The van der Waals surface area contributed by atoms with E-state index in [1.165, 1.54) is 12.1 Å². The zero-order valence-corrected chi connectivity index (χ0v) is 13.0. The Bertz CT molecular complexity index is 752. The summed E-state index contributed by atoms with van der Waals surface area (Å²) < 4.78 is 28.1. The maximum absolute atomic E-state index is 12.0. The van der Waals surface area contributed by atoms with Crippen molar-refractivity contribution >= 4 is 32.2 Å². The molecule has 0 fully saturated rings. The molecule has 2 rings (SSSR count). The maximum Gasteiger partial charge on any atom is 0.282 e. The van der Waals surface area contributed by atoms with E-state index < -0.39 is 10.0 Å². The molecule has 0 unspecified atom stereocenters. The third kappa shape index (κ3) is 3.26. The second-order valence-electron chi connectivity index (χ2n) is 4.20. The first-order valence-corrected chi connectivity index (χ1v) is 7.98. The van der Waals surface area contributed by atoms with Crippen molar-refractivity contribution in [3.05, 3.63) is 58.1 Å². The molecular weight excluding hydrogens is 342 g/mol. The molecule has 0 bridgehead atoms. The van der Waals surface area contributed by atoms with Crippen LogP contribution in [0.1, 0.15) is 11.1 Å². The van der Waals surface area contributed by atoms with Crippen LogP contribution >= 0.6 is 15.9 Å². The van der Waals surface area contributed by atoms with Gasteiger partial charge in [0.25, 0.3) is 10.0 Å². The molecule has 1 N–H and O–H groups in total. The molecule has 0 spiro atoms. The number of phenols is 1. The zero-order valence-electron chi connectivity index (χ0n) is 10.6. The SMILES string of the molecule is Cc1ccc(S(=O)(=O)/N=C/c2cccc(Br)c2O)cc1. The number of aromatic hydroxyl groups is 1. The number of benzene rings is 2. The predicted octanol–water partition coefficient (Wildman–Crippen LogP) is 3.27. The standard InChI is InChI=1S/C14H12BrNO3S/c1-10-5-7-12(8-6-10)20(18,19)16-9-11-3-2-4-13(15)14(11)17/h2-9,17H,1H3/b16-9+. The van der Waals surface area contributed by atoms with Crippen molar-refractivity contribution in [3.8, 4) is 5.75 Å². The average Bonchev–Trinajstić information content (AvgIpc) is 2.41. The van der Waals surface area contributed by atoms with Gasteiger partial charge in [0.15, 0.2) is 0 Å². The lowest BCUT2D eigenvalue weighted by atomic mass is 10.2. The van der Waals surface area contributed by atoms with E-state index in [0.717, 1.165) is 11.8 Å². The van der Waals surface area contributed by atoms with Gasteiger partial charge in [0.2, 0.25) is 0 Å². The van der Waals surface area contributed by atoms with Crippen molar-refractivity contribution in [2.45, 2.75) is 11.8 Å². The molecule has 0 radical (unpaired) electrons. The van der Waals surface area contributed by atoms with Crippen LogP contribution in [0.25, 0.3) is 0 Å². The molecule has 20 heavy (non-hydrogen) atoms. The third-order valence-electron chi connectivity index (χ3n) is 2.67. The van der Waals surface area contributed by atoms with Gasteiger partial charge in [0.05, 0.1) is 15.6 Å². The van der Waals surface area contributed by atoms with E-state index in [2.05, 4.69) is 20.3 Å². The molecule has 6 heteroatoms. The molecule has 2 aromatic carbocycles. The van der Waals surface area contributed by atoms with Crippen molar-refractivity contribution in [2.75, 3.05) is 0 Å². The Morgan fingerprint density at radius 3 is 2.45 bits per heavy atom. The second-order valence-corrected chi connectivity index (χ2v) is 6.69. The smallest absolute Gasteiger partial charge is 0.282 e. The number of para-hydroxylation sites is 1. The van der Waals surface area contributed by atoms with E-state index in [1.54, 1.807) is 30.3 Å². The number of rotatable bonds is 3. The quantitative estimate of drug-likeness (QED) is 0.861. The van der Waals surface area contributed by atoms with Gasteiger partial charge in [-0.1, -0.05) is 23.8 Å². The molecular formula is C14H12BrNO3S. The van der Waals surface area contributed by atoms with Crippen LogP contribution in [-0.2, 0) is 10.0 Å². The molecule has 0 heterocycles. The number of phenolic OH excluding ortho intramolecular Hbond substituents is 1. The lowest BCUT2D eigenvalue weighted by Gasteiger charge is -2.01. The molecule has 0 aromatic heterocycles.